The fourth-order valence-electron chi connectivity index (χ4n) is 2.86. The smallest absolute Gasteiger partial charge is 0.164 e. The third-order valence-corrected chi connectivity index (χ3v) is 4.67. The normalized spacial score (nSPS) is 15.9. The summed E-state index contributed by atoms with van der Waals surface area (Å²) in [5.41, 5.74) is 0.880. The van der Waals surface area contributed by atoms with Crippen LogP contribution in [0.2, 0.25) is 0 Å². The summed E-state index contributed by atoms with van der Waals surface area (Å²) in [5.74, 6) is -0.529. The minimum Gasteiger partial charge on any atom is -0.624 e. The van der Waals surface area contributed by atoms with Gasteiger partial charge in [0.15, 0.2) is 23.5 Å². The van der Waals surface area contributed by atoms with Crippen LogP contribution in [0.4, 0.5) is 0 Å². The lowest BCUT2D eigenvalue weighted by atomic mass is 9.82. The molecule has 0 fully saturated rings. The third kappa shape index (κ3) is 5.69. The first-order valence-electron chi connectivity index (χ1n) is 9.73. The lowest BCUT2D eigenvalue weighted by Crippen LogP contribution is -2.34. The fraction of sp³-hybridized carbons (Fsp3) is 0.417. The van der Waals surface area contributed by atoms with E-state index in [1.165, 1.54) is 0 Å². The number of hydroxylamine groups is 2. The molecule has 2 aromatic rings. The predicted octanol–water partition coefficient (Wildman–Crippen LogP) is 5.31. The molecule has 150 valence electrons. The van der Waals surface area contributed by atoms with Gasteiger partial charge in [0.25, 0.3) is 0 Å². The van der Waals surface area contributed by atoms with E-state index < -0.39 is 11.1 Å². The van der Waals surface area contributed by atoms with Crippen molar-refractivity contribution in [2.24, 2.45) is 0 Å². The third-order valence-electron chi connectivity index (χ3n) is 4.67. The molecule has 2 atom stereocenters. The maximum Gasteiger partial charge on any atom is 0.164 e. The molecule has 0 amide bonds. The second-order valence-corrected chi connectivity index (χ2v) is 9.16. The summed E-state index contributed by atoms with van der Waals surface area (Å²) in [6.07, 6.45) is 3.42. The molecule has 0 aliphatic rings. The van der Waals surface area contributed by atoms with Crippen molar-refractivity contribution >= 4 is 12.4 Å². The average Bonchev–Trinajstić information content (AvgIpc) is 2.64. The van der Waals surface area contributed by atoms with Crippen LogP contribution in [0.3, 0.4) is 0 Å². The number of rotatable bonds is 5. The molecule has 0 heterocycles. The first-order valence-corrected chi connectivity index (χ1v) is 9.73. The van der Waals surface area contributed by atoms with Crippen LogP contribution in [-0.2, 0) is 0 Å². The molecule has 28 heavy (non-hydrogen) atoms. The second-order valence-electron chi connectivity index (χ2n) is 9.16. The monoisotopic (exact) mass is 380 g/mol. The maximum atomic E-state index is 12.8. The number of nitrogens with zero attached hydrogens (tertiary/aromatic N) is 2. The highest BCUT2D eigenvalue weighted by atomic mass is 16.5. The Hall–Kier alpha value is -2.62. The summed E-state index contributed by atoms with van der Waals surface area (Å²) < 4.78 is 2.00. The van der Waals surface area contributed by atoms with Crippen molar-refractivity contribution in [3.8, 4) is 0 Å². The van der Waals surface area contributed by atoms with E-state index in [0.717, 1.165) is 20.6 Å². The zero-order valence-electron chi connectivity index (χ0n) is 17.8. The molecule has 0 saturated carbocycles. The van der Waals surface area contributed by atoms with E-state index >= 15 is 0 Å². The number of hydrogen-bond donors (Lipinski definition) is 0. The van der Waals surface area contributed by atoms with Crippen LogP contribution < -0.4 is 0 Å². The largest absolute Gasteiger partial charge is 0.624 e. The highest BCUT2D eigenvalue weighted by Crippen LogP contribution is 2.31. The van der Waals surface area contributed by atoms with Gasteiger partial charge in [0, 0.05) is 41.5 Å². The van der Waals surface area contributed by atoms with Crippen LogP contribution in [0.1, 0.15) is 64.5 Å². The molecule has 0 unspecified atom stereocenters. The molecule has 0 aromatic heterocycles. The molecule has 2 rings (SSSR count). The van der Waals surface area contributed by atoms with Gasteiger partial charge in [-0.05, 0) is 11.1 Å². The molecule has 0 bridgehead atoms. The predicted molar refractivity (Wildman–Crippen MR) is 117 cm³/mol. The standard InChI is InChI=1S/C24H32N2O2/c1-23(2,3)25(27)17-21(19-13-9-7-10-14-19)22(18-26(28)24(4,5)6)20-15-11-8-12-16-20/h7-18,21-22H,1-6H3/b25-17+,26-18+/t21-,22-/m0/s1. The molecule has 0 saturated heterocycles. The van der Waals surface area contributed by atoms with E-state index in [-0.39, 0.29) is 11.8 Å². The van der Waals surface area contributed by atoms with Gasteiger partial charge in [-0.25, -0.2) is 9.48 Å². The molecule has 0 N–H and O–H groups in total. The Morgan fingerprint density at radius 3 is 1.14 bits per heavy atom. The summed E-state index contributed by atoms with van der Waals surface area (Å²) >= 11 is 0. The van der Waals surface area contributed by atoms with E-state index in [0.29, 0.717) is 0 Å². The van der Waals surface area contributed by atoms with Crippen LogP contribution >= 0.6 is 0 Å². The minimum atomic E-state index is -0.560. The Kier molecular flexibility index (Phi) is 6.65. The van der Waals surface area contributed by atoms with Crippen molar-refractivity contribution in [3.63, 3.8) is 0 Å². The summed E-state index contributed by atoms with van der Waals surface area (Å²) in [5, 5.41) is 25.6. The molecular weight excluding hydrogens is 348 g/mol. The van der Waals surface area contributed by atoms with Crippen LogP contribution in [0.15, 0.2) is 60.7 Å². The average molecular weight is 381 g/mol. The van der Waals surface area contributed by atoms with Crippen molar-refractivity contribution in [3.05, 3.63) is 82.2 Å². The van der Waals surface area contributed by atoms with Crippen molar-refractivity contribution in [2.75, 3.05) is 0 Å². The molecule has 4 nitrogen and oxygen atoms in total. The van der Waals surface area contributed by atoms with E-state index in [2.05, 4.69) is 0 Å². The summed E-state index contributed by atoms with van der Waals surface area (Å²) in [7, 11) is 0. The van der Waals surface area contributed by atoms with E-state index in [4.69, 9.17) is 0 Å². The van der Waals surface area contributed by atoms with Gasteiger partial charge < -0.3 is 10.4 Å². The quantitative estimate of drug-likeness (QED) is 0.305. The Labute approximate surface area is 169 Å². The highest BCUT2D eigenvalue weighted by Gasteiger charge is 2.31. The maximum absolute atomic E-state index is 12.8. The highest BCUT2D eigenvalue weighted by molar-refractivity contribution is 5.77. The van der Waals surface area contributed by atoms with Gasteiger partial charge in [0.1, 0.15) is 0 Å². The van der Waals surface area contributed by atoms with E-state index in [1.807, 2.05) is 102 Å². The van der Waals surface area contributed by atoms with Gasteiger partial charge in [-0.1, -0.05) is 60.7 Å². The van der Waals surface area contributed by atoms with Crippen molar-refractivity contribution in [2.45, 2.75) is 64.5 Å². The van der Waals surface area contributed by atoms with Crippen molar-refractivity contribution in [1.29, 1.82) is 0 Å². The fourth-order valence-corrected chi connectivity index (χ4v) is 2.86. The van der Waals surface area contributed by atoms with Gasteiger partial charge >= 0.3 is 0 Å². The molecular formula is C24H32N2O2. The van der Waals surface area contributed by atoms with Crippen molar-refractivity contribution in [1.82, 2.24) is 0 Å². The van der Waals surface area contributed by atoms with E-state index in [9.17, 15) is 10.4 Å². The Morgan fingerprint density at radius 2 is 0.893 bits per heavy atom. The minimum absolute atomic E-state index is 0.265. The van der Waals surface area contributed by atoms with Crippen LogP contribution in [0.25, 0.3) is 0 Å². The summed E-state index contributed by atoms with van der Waals surface area (Å²) in [4.78, 5) is 0. The van der Waals surface area contributed by atoms with Crippen LogP contribution in [-0.4, -0.2) is 33.0 Å². The van der Waals surface area contributed by atoms with Gasteiger partial charge in [0.2, 0.25) is 0 Å². The number of benzene rings is 2. The Bertz CT molecular complexity index is 742. The lowest BCUT2D eigenvalue weighted by molar-refractivity contribution is -0.534. The molecule has 4 heteroatoms. The molecule has 0 spiro atoms. The van der Waals surface area contributed by atoms with Crippen LogP contribution in [0.5, 0.6) is 0 Å². The molecule has 0 aliphatic heterocycles. The zero-order chi connectivity index (χ0) is 20.9. The van der Waals surface area contributed by atoms with Gasteiger partial charge in [-0.2, -0.15) is 0 Å². The topological polar surface area (TPSA) is 52.1 Å². The SMILES string of the molecule is CC(C)(C)/[N+]([O-])=C\[C@@H](c1ccccc1)[C@@H](/C=[N+](/[O-])C(C)(C)C)c1ccccc1. The molecule has 0 radical (unpaired) electrons. The van der Waals surface area contributed by atoms with Gasteiger partial charge in [-0.15, -0.1) is 0 Å². The number of hydrogen-bond acceptors (Lipinski definition) is 2. The first kappa shape index (κ1) is 21.7. The lowest BCUT2D eigenvalue weighted by Gasteiger charge is -2.26. The van der Waals surface area contributed by atoms with Gasteiger partial charge in [0.05, 0.1) is 11.8 Å². The molecule has 2 aromatic carbocycles. The van der Waals surface area contributed by atoms with Gasteiger partial charge in [-0.3, -0.25) is 0 Å². The Morgan fingerprint density at radius 1 is 0.607 bits per heavy atom. The molecule has 0 aliphatic carbocycles. The van der Waals surface area contributed by atoms with E-state index in [1.54, 1.807) is 12.4 Å². The summed E-state index contributed by atoms with van der Waals surface area (Å²) in [6, 6.07) is 19.8. The summed E-state index contributed by atoms with van der Waals surface area (Å²) in [6.45, 7) is 11.3. The second kappa shape index (κ2) is 8.59. The van der Waals surface area contributed by atoms with Crippen LogP contribution in [0, 0.1) is 10.4 Å². The van der Waals surface area contributed by atoms with Crippen molar-refractivity contribution < 1.29 is 9.48 Å². The zero-order valence-corrected chi connectivity index (χ0v) is 17.8. The Balaban J connectivity index is 2.68. The first-order chi connectivity index (χ1) is 13.0.